The molecule has 7 heterocycles. The molecule has 0 bridgehead atoms. The van der Waals surface area contributed by atoms with E-state index in [2.05, 4.69) is 85.0 Å². The number of hydrogen-bond donors (Lipinski definition) is 2. The molecule has 1 unspecified atom stereocenters. The molecule has 0 aliphatic carbocycles. The summed E-state index contributed by atoms with van der Waals surface area (Å²) in [5, 5.41) is 20.7. The third kappa shape index (κ3) is 8.82. The van der Waals surface area contributed by atoms with Crippen LogP contribution in [0, 0.1) is 13.8 Å². The summed E-state index contributed by atoms with van der Waals surface area (Å²) in [6.07, 6.45) is 6.17. The third-order valence-electron chi connectivity index (χ3n) is 12.1. The van der Waals surface area contributed by atoms with Gasteiger partial charge in [-0.15, -0.1) is 0 Å². The van der Waals surface area contributed by atoms with Gasteiger partial charge in [0.25, 0.3) is 0 Å². The molecule has 1 amide bonds. The molecule has 1 atom stereocenters. The second kappa shape index (κ2) is 17.9. The number of para-hydroxylation sites is 1. The lowest BCUT2D eigenvalue weighted by Crippen LogP contribution is -2.38. The largest absolute Gasteiger partial charge is 0.497 e. The highest BCUT2D eigenvalue weighted by Crippen LogP contribution is 2.39. The monoisotopic (exact) mass is 846 g/mol. The fourth-order valence-electron chi connectivity index (χ4n) is 8.80. The number of nitrogens with zero attached hydrogens (tertiary/aromatic N) is 8. The van der Waals surface area contributed by atoms with Gasteiger partial charge in [0.2, 0.25) is 5.91 Å². The van der Waals surface area contributed by atoms with Crippen LogP contribution >= 0.6 is 0 Å². The van der Waals surface area contributed by atoms with Gasteiger partial charge in [-0.25, -0.2) is 4.98 Å². The number of fused-ring (bicyclic) bond motifs is 3. The summed E-state index contributed by atoms with van der Waals surface area (Å²) in [4.78, 5) is 19.6. The molecule has 5 aromatic heterocycles. The molecule has 0 radical (unpaired) electrons. The van der Waals surface area contributed by atoms with E-state index in [1.54, 1.807) is 11.8 Å². The summed E-state index contributed by atoms with van der Waals surface area (Å²) < 4.78 is 22.3. The Labute approximate surface area is 366 Å². The van der Waals surface area contributed by atoms with Crippen molar-refractivity contribution < 1.29 is 18.8 Å². The van der Waals surface area contributed by atoms with Crippen LogP contribution in [-0.2, 0) is 43.0 Å². The van der Waals surface area contributed by atoms with Crippen LogP contribution in [0.25, 0.3) is 55.6 Å². The van der Waals surface area contributed by atoms with Gasteiger partial charge >= 0.3 is 0 Å². The number of carbonyl (C=O) groups excluding carboxylic acids is 1. The van der Waals surface area contributed by atoms with E-state index in [0.29, 0.717) is 6.42 Å². The fourth-order valence-corrected chi connectivity index (χ4v) is 8.80. The van der Waals surface area contributed by atoms with Crippen molar-refractivity contribution in [2.45, 2.75) is 52.6 Å². The molecule has 2 aliphatic heterocycles. The van der Waals surface area contributed by atoms with Gasteiger partial charge in [-0.1, -0.05) is 35.5 Å². The topological polar surface area (TPSA) is 142 Å². The van der Waals surface area contributed by atoms with Crippen LogP contribution in [0.2, 0.25) is 0 Å². The van der Waals surface area contributed by atoms with Gasteiger partial charge in [-0.2, -0.15) is 10.2 Å². The summed E-state index contributed by atoms with van der Waals surface area (Å²) in [5.41, 5.74) is 14.4. The maximum Gasteiger partial charge on any atom is 0.226 e. The number of aromatic nitrogens is 7. The first kappa shape index (κ1) is 41.6. The molecule has 3 aromatic carbocycles. The molecule has 14 heteroatoms. The zero-order valence-corrected chi connectivity index (χ0v) is 36.8. The highest BCUT2D eigenvalue weighted by atomic mass is 16.5. The first-order chi connectivity index (χ1) is 30.6. The van der Waals surface area contributed by atoms with E-state index in [1.165, 1.54) is 16.8 Å². The zero-order chi connectivity index (χ0) is 43.6. The fraction of sp³-hybridized carbons (Fsp3) is 0.327. The third-order valence-corrected chi connectivity index (χ3v) is 12.1. The minimum absolute atomic E-state index is 0.0301. The lowest BCUT2D eigenvalue weighted by atomic mass is 9.99. The van der Waals surface area contributed by atoms with Crippen LogP contribution in [-0.4, -0.2) is 91.1 Å². The van der Waals surface area contributed by atoms with Crippen molar-refractivity contribution in [3.8, 4) is 39.4 Å². The zero-order valence-electron chi connectivity index (χ0n) is 36.8. The summed E-state index contributed by atoms with van der Waals surface area (Å²) in [6, 6.07) is 27.3. The van der Waals surface area contributed by atoms with Crippen molar-refractivity contribution in [1.82, 2.24) is 39.2 Å². The number of methoxy groups -OCH3 is 1. The number of nitrogens with one attached hydrogen (secondary N) is 2. The van der Waals surface area contributed by atoms with Crippen LogP contribution in [0.5, 0.6) is 5.75 Å². The molecular weight excluding hydrogens is 793 g/mol. The van der Waals surface area contributed by atoms with Gasteiger partial charge in [0.05, 0.1) is 71.4 Å². The van der Waals surface area contributed by atoms with Gasteiger partial charge in [-0.3, -0.25) is 19.1 Å². The standard InChI is InChI=1S/C27H32N4O3.C22H22N6O/c1-19-27(20(2)34-29-19)24-10-11-26-25(28-24)18-22(7-4-21-5-8-23(32-3)9-6-21)31(26)13-12-30-14-16-33-17-15-30;1-13-9-20(29)25-18-6-4-5-16(22(18)24-13)14-7-8-19-17(10-14)21(26-28(19)3)15-11-23-27(2)12-15/h5-6,8-11,18H,4,7,12-17H2,1-3H3;4-8,10-13,24H,9H2,1-3H3,(H,25,29). The van der Waals surface area contributed by atoms with E-state index >= 15 is 0 Å². The normalized spacial score (nSPS) is 15.4. The van der Waals surface area contributed by atoms with Gasteiger partial charge < -0.3 is 29.2 Å². The number of aryl methyl sites for hydroxylation is 6. The first-order valence-electron chi connectivity index (χ1n) is 21.6. The van der Waals surface area contributed by atoms with E-state index in [9.17, 15) is 4.79 Å². The molecule has 0 spiro atoms. The van der Waals surface area contributed by atoms with E-state index in [0.717, 1.165) is 131 Å². The van der Waals surface area contributed by atoms with Crippen molar-refractivity contribution >= 4 is 39.2 Å². The van der Waals surface area contributed by atoms with Crippen molar-refractivity contribution in [2.75, 3.05) is 50.6 Å². The van der Waals surface area contributed by atoms with Gasteiger partial charge in [0.1, 0.15) is 17.2 Å². The molecule has 1 saturated heterocycles. The number of anilines is 2. The highest BCUT2D eigenvalue weighted by molar-refractivity contribution is 6.02. The Bertz CT molecular complexity index is 2880. The average molecular weight is 847 g/mol. The SMILES string of the molecule is CC1CC(=O)Nc2cccc(-c3ccc4c(c3)c(-c3cnn(C)c3)nn4C)c2N1.COc1ccc(CCc2cc3nc(-c4c(C)noc4C)ccc3n2CCN2CCOCC2)cc1. The van der Waals surface area contributed by atoms with Crippen LogP contribution in [0.1, 0.15) is 36.1 Å². The number of benzene rings is 3. The Morgan fingerprint density at radius 2 is 1.71 bits per heavy atom. The number of ether oxygens (including phenoxy) is 2. The van der Waals surface area contributed by atoms with Crippen LogP contribution in [0.15, 0.2) is 95.8 Å². The Morgan fingerprint density at radius 3 is 2.46 bits per heavy atom. The molecule has 324 valence electrons. The van der Waals surface area contributed by atoms with Crippen LogP contribution < -0.4 is 15.4 Å². The van der Waals surface area contributed by atoms with Crippen molar-refractivity contribution in [1.29, 1.82) is 0 Å². The smallest absolute Gasteiger partial charge is 0.226 e. The number of carbonyl (C=O) groups is 1. The molecular formula is C49H54N10O4. The van der Waals surface area contributed by atoms with Crippen LogP contribution in [0.3, 0.4) is 0 Å². The quantitative estimate of drug-likeness (QED) is 0.138. The van der Waals surface area contributed by atoms with Crippen LogP contribution in [0.4, 0.5) is 11.4 Å². The summed E-state index contributed by atoms with van der Waals surface area (Å²) in [7, 11) is 5.56. The predicted molar refractivity (Wildman–Crippen MR) is 247 cm³/mol. The van der Waals surface area contributed by atoms with E-state index < -0.39 is 0 Å². The maximum atomic E-state index is 12.1. The molecule has 10 rings (SSSR count). The minimum Gasteiger partial charge on any atom is -0.497 e. The average Bonchev–Trinajstić information content (AvgIpc) is 4.04. The predicted octanol–water partition coefficient (Wildman–Crippen LogP) is 8.22. The molecule has 0 saturated carbocycles. The first-order valence-corrected chi connectivity index (χ1v) is 21.6. The lowest BCUT2D eigenvalue weighted by molar-refractivity contribution is -0.116. The minimum atomic E-state index is 0.0301. The molecule has 8 aromatic rings. The second-order valence-electron chi connectivity index (χ2n) is 16.5. The Kier molecular flexibility index (Phi) is 11.8. The molecule has 2 aliphatic rings. The Morgan fingerprint density at radius 1 is 0.905 bits per heavy atom. The maximum absolute atomic E-state index is 12.1. The van der Waals surface area contributed by atoms with Crippen molar-refractivity contribution in [2.24, 2.45) is 14.1 Å². The molecule has 14 nitrogen and oxygen atoms in total. The van der Waals surface area contributed by atoms with Gasteiger partial charge in [0, 0.05) is 81.1 Å². The second-order valence-corrected chi connectivity index (χ2v) is 16.5. The summed E-state index contributed by atoms with van der Waals surface area (Å²) >= 11 is 0. The van der Waals surface area contributed by atoms with Gasteiger partial charge in [-0.05, 0) is 93.3 Å². The Hall–Kier alpha value is -6.77. The molecule has 1 fully saturated rings. The van der Waals surface area contributed by atoms with Gasteiger partial charge in [0.15, 0.2) is 0 Å². The summed E-state index contributed by atoms with van der Waals surface area (Å²) in [6.45, 7) is 11.5. The highest BCUT2D eigenvalue weighted by Gasteiger charge is 2.22. The van der Waals surface area contributed by atoms with E-state index in [1.807, 2.05) is 76.2 Å². The number of hydrogen-bond acceptors (Lipinski definition) is 10. The number of pyridine rings is 1. The van der Waals surface area contributed by atoms with Crippen molar-refractivity contribution in [3.63, 3.8) is 0 Å². The van der Waals surface area contributed by atoms with Crippen molar-refractivity contribution in [3.05, 3.63) is 114 Å². The number of morpholine rings is 1. The lowest BCUT2D eigenvalue weighted by Gasteiger charge is -2.27. The van der Waals surface area contributed by atoms with E-state index in [-0.39, 0.29) is 11.9 Å². The molecule has 2 N–H and O–H groups in total. The van der Waals surface area contributed by atoms with E-state index in [4.69, 9.17) is 24.1 Å². The summed E-state index contributed by atoms with van der Waals surface area (Å²) in [5.74, 6) is 1.72. The Balaban J connectivity index is 0.000000162. The number of rotatable bonds is 10. The molecule has 63 heavy (non-hydrogen) atoms. The number of amides is 1.